The van der Waals surface area contributed by atoms with E-state index < -0.39 is 0 Å². The van der Waals surface area contributed by atoms with Gasteiger partial charge in [-0.15, -0.1) is 11.3 Å². The van der Waals surface area contributed by atoms with E-state index in [1.807, 2.05) is 19.0 Å². The summed E-state index contributed by atoms with van der Waals surface area (Å²) >= 11 is 1.57. The van der Waals surface area contributed by atoms with E-state index in [1.165, 1.54) is 4.88 Å². The number of nitrogens with one attached hydrogen (secondary N) is 1. The van der Waals surface area contributed by atoms with E-state index in [4.69, 9.17) is 0 Å². The van der Waals surface area contributed by atoms with E-state index in [9.17, 15) is 10.1 Å². The van der Waals surface area contributed by atoms with Gasteiger partial charge >= 0.3 is 0 Å². The van der Waals surface area contributed by atoms with Gasteiger partial charge < -0.3 is 10.2 Å². The molecular weight excluding hydrogens is 258 g/mol. The van der Waals surface area contributed by atoms with Crippen molar-refractivity contribution in [3.05, 3.63) is 16.0 Å². The minimum absolute atomic E-state index is 0.0619. The summed E-state index contributed by atoms with van der Waals surface area (Å²) in [6.45, 7) is 2.57. The predicted molar refractivity (Wildman–Crippen MR) is 77.4 cm³/mol. The van der Waals surface area contributed by atoms with Crippen LogP contribution in [0, 0.1) is 17.2 Å². The number of thiophene rings is 1. The lowest BCUT2D eigenvalue weighted by molar-refractivity contribution is -0.116. The van der Waals surface area contributed by atoms with Gasteiger partial charge in [-0.3, -0.25) is 4.79 Å². The Morgan fingerprint density at radius 1 is 1.58 bits per heavy atom. The summed E-state index contributed by atoms with van der Waals surface area (Å²) in [5, 5.41) is 12.9. The van der Waals surface area contributed by atoms with Crippen LogP contribution in [0.3, 0.4) is 0 Å². The van der Waals surface area contributed by atoms with E-state index >= 15 is 0 Å². The number of fused-ring (bicyclic) bond motifs is 1. The van der Waals surface area contributed by atoms with Crippen LogP contribution in [0.5, 0.6) is 0 Å². The molecule has 0 saturated heterocycles. The second kappa shape index (κ2) is 5.72. The number of carbonyl (C=O) groups is 1. The Bertz CT molecular complexity index is 528. The zero-order chi connectivity index (χ0) is 14.0. The van der Waals surface area contributed by atoms with Gasteiger partial charge in [0.05, 0.1) is 12.1 Å². The summed E-state index contributed by atoms with van der Waals surface area (Å²) in [6, 6.07) is 2.26. The highest BCUT2D eigenvalue weighted by Crippen LogP contribution is 2.39. The van der Waals surface area contributed by atoms with Crippen LogP contribution in [0.15, 0.2) is 0 Å². The standard InChI is InChI=1S/C14H19N3OS/c1-9-4-5-10-11(7-15)14(19-12(10)6-9)16-13(18)8-17(2)3/h9H,4-6,8H2,1-3H3,(H,16,18). The number of carbonyl (C=O) groups excluding carboxylic acids is 1. The van der Waals surface area contributed by atoms with Gasteiger partial charge in [0.15, 0.2) is 0 Å². The van der Waals surface area contributed by atoms with Gasteiger partial charge in [0, 0.05) is 4.88 Å². The van der Waals surface area contributed by atoms with Gasteiger partial charge in [0.2, 0.25) is 5.91 Å². The molecule has 0 radical (unpaired) electrons. The first kappa shape index (κ1) is 14.0. The van der Waals surface area contributed by atoms with Crippen LogP contribution in [0.2, 0.25) is 0 Å². The first-order valence-corrected chi connectivity index (χ1v) is 7.32. The topological polar surface area (TPSA) is 56.1 Å². The predicted octanol–water partition coefficient (Wildman–Crippen LogP) is 2.24. The molecule has 1 aromatic heterocycles. The van der Waals surface area contributed by atoms with Gasteiger partial charge in [-0.25, -0.2) is 0 Å². The zero-order valence-corrected chi connectivity index (χ0v) is 12.4. The maximum absolute atomic E-state index is 11.8. The molecule has 19 heavy (non-hydrogen) atoms. The third-order valence-electron chi connectivity index (χ3n) is 3.34. The molecule has 0 aromatic carbocycles. The average Bonchev–Trinajstić information content (AvgIpc) is 2.63. The Kier molecular flexibility index (Phi) is 4.23. The summed E-state index contributed by atoms with van der Waals surface area (Å²) in [4.78, 5) is 14.9. The maximum atomic E-state index is 11.8. The van der Waals surface area contributed by atoms with Crippen molar-refractivity contribution in [1.29, 1.82) is 5.26 Å². The van der Waals surface area contributed by atoms with Crippen molar-refractivity contribution in [1.82, 2.24) is 4.90 Å². The maximum Gasteiger partial charge on any atom is 0.239 e. The Hall–Kier alpha value is -1.38. The zero-order valence-electron chi connectivity index (χ0n) is 11.6. The summed E-state index contributed by atoms with van der Waals surface area (Å²) in [6.07, 6.45) is 3.11. The second-order valence-corrected chi connectivity index (χ2v) is 6.56. The fourth-order valence-electron chi connectivity index (χ4n) is 2.41. The van der Waals surface area contributed by atoms with E-state index in [2.05, 4.69) is 18.3 Å². The molecule has 0 bridgehead atoms. The normalized spacial score (nSPS) is 17.9. The third kappa shape index (κ3) is 3.14. The molecule has 4 nitrogen and oxygen atoms in total. The molecule has 1 atom stereocenters. The molecule has 0 saturated carbocycles. The van der Waals surface area contributed by atoms with Gasteiger partial charge in [-0.05, 0) is 44.8 Å². The molecule has 1 unspecified atom stereocenters. The third-order valence-corrected chi connectivity index (χ3v) is 4.51. The summed E-state index contributed by atoms with van der Waals surface area (Å²) < 4.78 is 0. The van der Waals surface area contributed by atoms with Crippen molar-refractivity contribution < 1.29 is 4.79 Å². The molecule has 1 amide bonds. The highest BCUT2D eigenvalue weighted by atomic mass is 32.1. The lowest BCUT2D eigenvalue weighted by atomic mass is 9.89. The van der Waals surface area contributed by atoms with Crippen LogP contribution >= 0.6 is 11.3 Å². The van der Waals surface area contributed by atoms with Gasteiger partial charge in [-0.1, -0.05) is 6.92 Å². The van der Waals surface area contributed by atoms with Crippen LogP contribution in [0.25, 0.3) is 0 Å². The molecule has 2 rings (SSSR count). The Balaban J connectivity index is 2.22. The molecule has 5 heteroatoms. The summed E-state index contributed by atoms with van der Waals surface area (Å²) in [7, 11) is 3.71. The first-order chi connectivity index (χ1) is 9.01. The average molecular weight is 277 g/mol. The highest BCUT2D eigenvalue weighted by molar-refractivity contribution is 7.16. The van der Waals surface area contributed by atoms with Crippen LogP contribution < -0.4 is 5.32 Å². The Labute approximate surface area is 118 Å². The van der Waals surface area contributed by atoms with Crippen molar-refractivity contribution in [2.45, 2.75) is 26.2 Å². The van der Waals surface area contributed by atoms with Crippen molar-refractivity contribution in [3.63, 3.8) is 0 Å². The minimum atomic E-state index is -0.0619. The molecule has 1 heterocycles. The number of nitrogens with zero attached hydrogens (tertiary/aromatic N) is 2. The number of amides is 1. The molecular formula is C14H19N3OS. The molecule has 1 aliphatic carbocycles. The van der Waals surface area contributed by atoms with E-state index in [0.717, 1.165) is 29.8 Å². The second-order valence-electron chi connectivity index (χ2n) is 5.45. The Morgan fingerprint density at radius 2 is 2.32 bits per heavy atom. The molecule has 1 aliphatic rings. The molecule has 1 N–H and O–H groups in total. The number of nitriles is 1. The van der Waals surface area contributed by atoms with Crippen LogP contribution in [0.1, 0.15) is 29.3 Å². The lowest BCUT2D eigenvalue weighted by Crippen LogP contribution is -2.27. The monoisotopic (exact) mass is 277 g/mol. The summed E-state index contributed by atoms with van der Waals surface area (Å²) in [5.74, 6) is 0.608. The van der Waals surface area contributed by atoms with Crippen molar-refractivity contribution >= 4 is 22.2 Å². The molecule has 0 spiro atoms. The van der Waals surface area contributed by atoms with Crippen molar-refractivity contribution in [2.75, 3.05) is 26.0 Å². The number of rotatable bonds is 3. The minimum Gasteiger partial charge on any atom is -0.315 e. The van der Waals surface area contributed by atoms with E-state index in [-0.39, 0.29) is 5.91 Å². The quantitative estimate of drug-likeness (QED) is 0.922. The Morgan fingerprint density at radius 3 is 2.95 bits per heavy atom. The van der Waals surface area contributed by atoms with Gasteiger partial charge in [0.1, 0.15) is 11.1 Å². The van der Waals surface area contributed by atoms with E-state index in [0.29, 0.717) is 18.0 Å². The summed E-state index contributed by atoms with van der Waals surface area (Å²) in [5.41, 5.74) is 1.84. The SMILES string of the molecule is CC1CCc2c(sc(NC(=O)CN(C)C)c2C#N)C1. The fraction of sp³-hybridized carbons (Fsp3) is 0.571. The fourth-order valence-corrected chi connectivity index (χ4v) is 3.79. The molecule has 1 aromatic rings. The lowest BCUT2D eigenvalue weighted by Gasteiger charge is -2.17. The van der Waals surface area contributed by atoms with Crippen LogP contribution in [0.4, 0.5) is 5.00 Å². The van der Waals surface area contributed by atoms with Crippen molar-refractivity contribution in [3.8, 4) is 6.07 Å². The van der Waals surface area contributed by atoms with Crippen molar-refractivity contribution in [2.24, 2.45) is 5.92 Å². The van der Waals surface area contributed by atoms with Crippen LogP contribution in [-0.2, 0) is 17.6 Å². The van der Waals surface area contributed by atoms with Crippen LogP contribution in [-0.4, -0.2) is 31.4 Å². The van der Waals surface area contributed by atoms with E-state index in [1.54, 1.807) is 11.3 Å². The smallest absolute Gasteiger partial charge is 0.239 e. The molecule has 0 fully saturated rings. The van der Waals surface area contributed by atoms with Gasteiger partial charge in [-0.2, -0.15) is 5.26 Å². The highest BCUT2D eigenvalue weighted by Gasteiger charge is 2.24. The largest absolute Gasteiger partial charge is 0.315 e. The number of anilines is 1. The number of likely N-dealkylation sites (N-methyl/N-ethyl adjacent to an activating group) is 1. The number of hydrogen-bond acceptors (Lipinski definition) is 4. The molecule has 0 aliphatic heterocycles. The first-order valence-electron chi connectivity index (χ1n) is 6.50. The molecule has 102 valence electrons. The number of hydrogen-bond donors (Lipinski definition) is 1. The van der Waals surface area contributed by atoms with Gasteiger partial charge in [0.25, 0.3) is 0 Å².